The Labute approximate surface area is 161 Å². The number of hydrogen-bond acceptors (Lipinski definition) is 3. The highest BCUT2D eigenvalue weighted by Gasteiger charge is 2.32. The zero-order valence-electron chi connectivity index (χ0n) is 14.0. The van der Waals surface area contributed by atoms with Gasteiger partial charge < -0.3 is 4.57 Å². The first kappa shape index (κ1) is 18.1. The van der Waals surface area contributed by atoms with E-state index in [1.807, 2.05) is 48.0 Å². The molecule has 1 fully saturated rings. The number of amides is 2. The van der Waals surface area contributed by atoms with Crippen molar-refractivity contribution < 1.29 is 9.59 Å². The van der Waals surface area contributed by atoms with Crippen LogP contribution in [0.25, 0.3) is 11.8 Å². The number of carbonyl (C=O) groups excluding carboxylic acids is 2. The van der Waals surface area contributed by atoms with E-state index in [1.165, 1.54) is 4.90 Å². The second-order valence-electron chi connectivity index (χ2n) is 5.76. The van der Waals surface area contributed by atoms with Crippen LogP contribution >= 0.6 is 23.8 Å². The minimum atomic E-state index is -0.519. The highest BCUT2D eigenvalue weighted by Crippen LogP contribution is 2.23. The van der Waals surface area contributed by atoms with E-state index in [4.69, 9.17) is 23.8 Å². The molecule has 2 amide bonds. The number of hydrogen-bond donors (Lipinski definition) is 1. The summed E-state index contributed by atoms with van der Waals surface area (Å²) in [6.45, 7) is 5.76. The third-order valence-corrected chi connectivity index (χ3v) is 4.73. The molecule has 0 bridgehead atoms. The molecule has 3 rings (SSSR count). The number of nitrogens with one attached hydrogen (secondary N) is 1. The number of thiocarbonyl (C=S) groups is 1. The second kappa shape index (κ2) is 7.27. The first-order valence-electron chi connectivity index (χ1n) is 7.86. The van der Waals surface area contributed by atoms with Gasteiger partial charge in [0.2, 0.25) is 0 Å². The Morgan fingerprint density at radius 2 is 2.08 bits per heavy atom. The summed E-state index contributed by atoms with van der Waals surface area (Å²) in [5.74, 6) is -0.969. The summed E-state index contributed by atoms with van der Waals surface area (Å²) in [5.41, 5.74) is 2.49. The molecule has 1 saturated heterocycles. The number of benzene rings is 1. The van der Waals surface area contributed by atoms with E-state index >= 15 is 0 Å². The molecule has 1 aromatic heterocycles. The molecule has 0 atom stereocenters. The van der Waals surface area contributed by atoms with Crippen molar-refractivity contribution >= 4 is 46.8 Å². The fourth-order valence-electron chi connectivity index (χ4n) is 2.62. The lowest BCUT2D eigenvalue weighted by Crippen LogP contribution is -2.53. The maximum Gasteiger partial charge on any atom is 0.266 e. The summed E-state index contributed by atoms with van der Waals surface area (Å²) >= 11 is 11.3. The van der Waals surface area contributed by atoms with Crippen molar-refractivity contribution in [2.24, 2.45) is 0 Å². The van der Waals surface area contributed by atoms with E-state index in [-0.39, 0.29) is 17.2 Å². The van der Waals surface area contributed by atoms with Crippen molar-refractivity contribution in [2.45, 2.75) is 6.92 Å². The molecule has 0 radical (unpaired) electrons. The molecular weight excluding hydrogens is 370 g/mol. The standard InChI is InChI=1S/C19H16ClN3O2S/c1-3-8-23-18(25)15(17(24)21-19(23)26)10-13-5-4-9-22(13)14-7-6-12(2)16(20)11-14/h3-7,9-11H,1,8H2,2H3,(H,21,24,26)/b15-10-. The number of rotatable bonds is 4. The van der Waals surface area contributed by atoms with E-state index in [0.29, 0.717) is 10.7 Å². The van der Waals surface area contributed by atoms with Crippen LogP contribution in [-0.2, 0) is 9.59 Å². The highest BCUT2D eigenvalue weighted by atomic mass is 35.5. The molecule has 26 heavy (non-hydrogen) atoms. The van der Waals surface area contributed by atoms with Gasteiger partial charge >= 0.3 is 0 Å². The molecule has 5 nitrogen and oxygen atoms in total. The Hall–Kier alpha value is -2.70. The molecule has 0 unspecified atom stereocenters. The molecule has 1 aromatic carbocycles. The third-order valence-electron chi connectivity index (χ3n) is 4.00. The van der Waals surface area contributed by atoms with Crippen molar-refractivity contribution in [3.8, 4) is 5.69 Å². The fourth-order valence-corrected chi connectivity index (χ4v) is 3.04. The molecule has 1 aliphatic rings. The van der Waals surface area contributed by atoms with Crippen LogP contribution in [-0.4, -0.2) is 32.9 Å². The SMILES string of the molecule is C=CCN1C(=O)/C(=C\c2cccn2-c2ccc(C)c(Cl)c2)C(=O)NC1=S. The van der Waals surface area contributed by atoms with Gasteiger partial charge in [0.05, 0.1) is 0 Å². The Balaban J connectivity index is 2.02. The van der Waals surface area contributed by atoms with Gasteiger partial charge in [-0.05, 0) is 55.0 Å². The van der Waals surface area contributed by atoms with E-state index in [1.54, 1.807) is 12.2 Å². The first-order chi connectivity index (χ1) is 12.4. The van der Waals surface area contributed by atoms with Gasteiger partial charge in [-0.25, -0.2) is 0 Å². The van der Waals surface area contributed by atoms with Gasteiger partial charge in [0, 0.05) is 29.1 Å². The van der Waals surface area contributed by atoms with Crippen molar-refractivity contribution in [3.63, 3.8) is 0 Å². The molecular formula is C19H16ClN3O2S. The van der Waals surface area contributed by atoms with Crippen LogP contribution in [0.2, 0.25) is 5.02 Å². The van der Waals surface area contributed by atoms with Crippen molar-refractivity contribution in [3.05, 3.63) is 71.0 Å². The van der Waals surface area contributed by atoms with Gasteiger partial charge in [0.15, 0.2) is 5.11 Å². The zero-order valence-corrected chi connectivity index (χ0v) is 15.6. The summed E-state index contributed by atoms with van der Waals surface area (Å²) in [7, 11) is 0. The van der Waals surface area contributed by atoms with Gasteiger partial charge in [0.25, 0.3) is 11.8 Å². The van der Waals surface area contributed by atoms with Crippen molar-refractivity contribution in [1.29, 1.82) is 0 Å². The van der Waals surface area contributed by atoms with Crippen LogP contribution in [0.3, 0.4) is 0 Å². The Morgan fingerprint density at radius 3 is 2.77 bits per heavy atom. The predicted molar refractivity (Wildman–Crippen MR) is 106 cm³/mol. The zero-order chi connectivity index (χ0) is 18.8. The van der Waals surface area contributed by atoms with Crippen LogP contribution < -0.4 is 5.32 Å². The van der Waals surface area contributed by atoms with E-state index in [2.05, 4.69) is 11.9 Å². The highest BCUT2D eigenvalue weighted by molar-refractivity contribution is 7.80. The van der Waals surface area contributed by atoms with Crippen LogP contribution in [0.4, 0.5) is 0 Å². The summed E-state index contributed by atoms with van der Waals surface area (Å²) in [5, 5.41) is 3.26. The first-order valence-corrected chi connectivity index (χ1v) is 8.64. The summed E-state index contributed by atoms with van der Waals surface area (Å²) in [6.07, 6.45) is 4.93. The molecule has 2 heterocycles. The molecule has 132 valence electrons. The van der Waals surface area contributed by atoms with Gasteiger partial charge in [-0.3, -0.25) is 19.8 Å². The normalized spacial score (nSPS) is 16.2. The minimum absolute atomic E-state index is 0.0126. The molecule has 1 N–H and O–H groups in total. The largest absolute Gasteiger partial charge is 0.317 e. The van der Waals surface area contributed by atoms with Crippen molar-refractivity contribution in [2.75, 3.05) is 6.54 Å². The Bertz CT molecular complexity index is 961. The number of aromatic nitrogens is 1. The molecule has 0 saturated carbocycles. The van der Waals surface area contributed by atoms with Gasteiger partial charge in [-0.1, -0.05) is 23.7 Å². The quantitative estimate of drug-likeness (QED) is 0.380. The van der Waals surface area contributed by atoms with Crippen molar-refractivity contribution in [1.82, 2.24) is 14.8 Å². The maximum absolute atomic E-state index is 12.6. The number of aryl methyl sites for hydroxylation is 1. The van der Waals surface area contributed by atoms with Gasteiger partial charge in [0.1, 0.15) is 5.57 Å². The Kier molecular flexibility index (Phi) is 5.06. The van der Waals surface area contributed by atoms with Crippen LogP contribution in [0.1, 0.15) is 11.3 Å². The lowest BCUT2D eigenvalue weighted by Gasteiger charge is -2.27. The second-order valence-corrected chi connectivity index (χ2v) is 6.55. The average molecular weight is 386 g/mol. The van der Waals surface area contributed by atoms with E-state index < -0.39 is 11.8 Å². The summed E-state index contributed by atoms with van der Waals surface area (Å²) in [4.78, 5) is 26.2. The number of halogens is 1. The maximum atomic E-state index is 12.6. The third kappa shape index (κ3) is 3.34. The molecule has 1 aliphatic heterocycles. The monoisotopic (exact) mass is 385 g/mol. The van der Waals surface area contributed by atoms with E-state index in [9.17, 15) is 9.59 Å². The number of carbonyl (C=O) groups is 2. The lowest BCUT2D eigenvalue weighted by molar-refractivity contribution is -0.128. The molecule has 2 aromatic rings. The smallest absolute Gasteiger partial charge is 0.266 e. The minimum Gasteiger partial charge on any atom is -0.317 e. The van der Waals surface area contributed by atoms with Gasteiger partial charge in [-0.2, -0.15) is 0 Å². The molecule has 0 aliphatic carbocycles. The number of nitrogens with zero attached hydrogens (tertiary/aromatic N) is 2. The molecule has 0 spiro atoms. The fraction of sp³-hybridized carbons (Fsp3) is 0.105. The topological polar surface area (TPSA) is 54.3 Å². The van der Waals surface area contributed by atoms with Crippen LogP contribution in [0.5, 0.6) is 0 Å². The molecule has 7 heteroatoms. The predicted octanol–water partition coefficient (Wildman–Crippen LogP) is 3.25. The Morgan fingerprint density at radius 1 is 1.31 bits per heavy atom. The van der Waals surface area contributed by atoms with Gasteiger partial charge in [-0.15, -0.1) is 6.58 Å². The van der Waals surface area contributed by atoms with E-state index in [0.717, 1.165) is 11.3 Å². The summed E-state index contributed by atoms with van der Waals surface area (Å²) in [6, 6.07) is 9.31. The average Bonchev–Trinajstić information content (AvgIpc) is 3.06. The summed E-state index contributed by atoms with van der Waals surface area (Å²) < 4.78 is 1.85. The van der Waals surface area contributed by atoms with Crippen LogP contribution in [0.15, 0.2) is 54.8 Å². The van der Waals surface area contributed by atoms with Crippen LogP contribution in [0, 0.1) is 6.92 Å². The lowest BCUT2D eigenvalue weighted by atomic mass is 10.1.